The van der Waals surface area contributed by atoms with Gasteiger partial charge in [0.1, 0.15) is 22.8 Å². The number of carbonyl (C=O) groups is 3. The third-order valence-electron chi connectivity index (χ3n) is 6.02. The molecule has 2 amide bonds. The summed E-state index contributed by atoms with van der Waals surface area (Å²) in [6.45, 7) is 15.8. The highest BCUT2D eigenvalue weighted by atomic mass is 19.1. The minimum Gasteiger partial charge on any atom is -0.444 e. The van der Waals surface area contributed by atoms with Crippen molar-refractivity contribution in [1.29, 1.82) is 0 Å². The maximum Gasteiger partial charge on any atom is 0.410 e. The molecule has 10 heteroatoms. The zero-order valence-corrected chi connectivity index (χ0v) is 27.5. The molecule has 0 spiro atoms. The SMILES string of the molecule is CCCCN(CC(=O)c1ccc(F)cc1)C(=O)OC(C)(C)C.CCCCN(C[C@H](O)c1ccc(F)cc1)C(=O)OC(C)(C)C. The van der Waals surface area contributed by atoms with Crippen LogP contribution in [-0.2, 0) is 9.47 Å². The van der Waals surface area contributed by atoms with Gasteiger partial charge in [0.15, 0.2) is 5.78 Å². The van der Waals surface area contributed by atoms with Crippen molar-refractivity contribution in [3.8, 4) is 0 Å². The van der Waals surface area contributed by atoms with Gasteiger partial charge in [0.25, 0.3) is 0 Å². The smallest absolute Gasteiger partial charge is 0.410 e. The second-order valence-electron chi connectivity index (χ2n) is 12.5. The zero-order valence-electron chi connectivity index (χ0n) is 27.5. The van der Waals surface area contributed by atoms with E-state index in [4.69, 9.17) is 9.47 Å². The summed E-state index contributed by atoms with van der Waals surface area (Å²) in [6.07, 6.45) is 1.64. The van der Waals surface area contributed by atoms with Crippen molar-refractivity contribution in [2.24, 2.45) is 0 Å². The van der Waals surface area contributed by atoms with Crippen LogP contribution in [0.25, 0.3) is 0 Å². The quantitative estimate of drug-likeness (QED) is 0.242. The van der Waals surface area contributed by atoms with E-state index in [0.717, 1.165) is 25.7 Å². The number of benzene rings is 2. The fourth-order valence-electron chi connectivity index (χ4n) is 3.74. The third-order valence-corrected chi connectivity index (χ3v) is 6.02. The van der Waals surface area contributed by atoms with E-state index in [0.29, 0.717) is 24.2 Å². The molecule has 8 nitrogen and oxygen atoms in total. The fourth-order valence-corrected chi connectivity index (χ4v) is 3.74. The number of amides is 2. The number of ketones is 1. The highest BCUT2D eigenvalue weighted by molar-refractivity contribution is 5.98. The first kappa shape index (κ1) is 38.5. The number of rotatable bonds is 12. The number of hydrogen-bond acceptors (Lipinski definition) is 6. The normalized spacial score (nSPS) is 12.0. The first-order chi connectivity index (χ1) is 20.5. The Bertz CT molecular complexity index is 1160. The van der Waals surface area contributed by atoms with Crippen molar-refractivity contribution in [3.05, 3.63) is 71.3 Å². The molecule has 0 saturated heterocycles. The van der Waals surface area contributed by atoms with E-state index in [1.54, 1.807) is 41.5 Å². The summed E-state index contributed by atoms with van der Waals surface area (Å²) in [5, 5.41) is 10.3. The van der Waals surface area contributed by atoms with Gasteiger partial charge in [0, 0.05) is 18.7 Å². The maximum atomic E-state index is 12.9. The van der Waals surface area contributed by atoms with Gasteiger partial charge in [0.2, 0.25) is 0 Å². The molecule has 0 fully saturated rings. The predicted molar refractivity (Wildman–Crippen MR) is 168 cm³/mol. The van der Waals surface area contributed by atoms with Gasteiger partial charge in [-0.25, -0.2) is 18.4 Å². The Balaban J connectivity index is 0.000000440. The second kappa shape index (κ2) is 18.3. The van der Waals surface area contributed by atoms with Crippen LogP contribution in [0.2, 0.25) is 0 Å². The van der Waals surface area contributed by atoms with Crippen LogP contribution in [-0.4, -0.2) is 70.3 Å². The zero-order chi connectivity index (χ0) is 33.5. The summed E-state index contributed by atoms with van der Waals surface area (Å²) < 4.78 is 36.5. The maximum absolute atomic E-state index is 12.9. The van der Waals surface area contributed by atoms with Crippen LogP contribution in [0.15, 0.2) is 48.5 Å². The van der Waals surface area contributed by atoms with Crippen LogP contribution in [0.4, 0.5) is 18.4 Å². The van der Waals surface area contributed by atoms with Gasteiger partial charge in [-0.15, -0.1) is 0 Å². The first-order valence-corrected chi connectivity index (χ1v) is 15.1. The summed E-state index contributed by atoms with van der Waals surface area (Å²) in [7, 11) is 0. The lowest BCUT2D eigenvalue weighted by molar-refractivity contribution is 0.0141. The fraction of sp³-hybridized carbons (Fsp3) is 0.559. The van der Waals surface area contributed by atoms with Gasteiger partial charge in [-0.3, -0.25) is 4.79 Å². The molecule has 2 aromatic carbocycles. The van der Waals surface area contributed by atoms with E-state index in [9.17, 15) is 28.3 Å². The Labute approximate surface area is 261 Å². The molecule has 0 aromatic heterocycles. The van der Waals surface area contributed by atoms with E-state index in [1.165, 1.54) is 58.3 Å². The number of ether oxygens (including phenoxy) is 2. The monoisotopic (exact) mass is 620 g/mol. The molecule has 1 N–H and O–H groups in total. The average Bonchev–Trinajstić information content (AvgIpc) is 2.92. The van der Waals surface area contributed by atoms with Crippen molar-refractivity contribution in [2.75, 3.05) is 26.2 Å². The number of hydrogen-bond donors (Lipinski definition) is 1. The number of unbranched alkanes of at least 4 members (excludes halogenated alkanes) is 2. The molecule has 2 rings (SSSR count). The van der Waals surface area contributed by atoms with Crippen LogP contribution < -0.4 is 0 Å². The summed E-state index contributed by atoms with van der Waals surface area (Å²) in [6, 6.07) is 10.9. The van der Waals surface area contributed by atoms with Gasteiger partial charge >= 0.3 is 12.2 Å². The molecule has 0 bridgehead atoms. The van der Waals surface area contributed by atoms with E-state index >= 15 is 0 Å². The Hall–Kier alpha value is -3.53. The lowest BCUT2D eigenvalue weighted by Gasteiger charge is -2.29. The van der Waals surface area contributed by atoms with Crippen LogP contribution in [0.5, 0.6) is 0 Å². The van der Waals surface area contributed by atoms with Crippen LogP contribution in [0.3, 0.4) is 0 Å². The largest absolute Gasteiger partial charge is 0.444 e. The Morgan fingerprint density at radius 1 is 0.727 bits per heavy atom. The Kier molecular flexibility index (Phi) is 16.0. The van der Waals surface area contributed by atoms with E-state index in [-0.39, 0.29) is 24.7 Å². The molecule has 44 heavy (non-hydrogen) atoms. The number of carbonyl (C=O) groups excluding carboxylic acids is 3. The predicted octanol–water partition coefficient (Wildman–Crippen LogP) is 7.94. The number of aliphatic hydroxyl groups excluding tert-OH is 1. The van der Waals surface area contributed by atoms with Crippen molar-refractivity contribution >= 4 is 18.0 Å². The van der Waals surface area contributed by atoms with Gasteiger partial charge in [-0.05, 0) is 96.3 Å². The summed E-state index contributed by atoms with van der Waals surface area (Å²) in [4.78, 5) is 39.5. The Morgan fingerprint density at radius 3 is 1.57 bits per heavy atom. The standard InChI is InChI=1S/C17H26FNO3.C17H24FNO3/c2*1-5-6-11-19(16(21)22-17(2,3)4)12-15(20)13-7-9-14(18)10-8-13/h7-10,15,20H,5-6,11-12H2,1-4H3;7-10H,5-6,11-12H2,1-4H3/t15-;/m0./s1. The Morgan fingerprint density at radius 2 is 1.14 bits per heavy atom. The van der Waals surface area contributed by atoms with Crippen molar-refractivity contribution < 1.29 is 37.7 Å². The van der Waals surface area contributed by atoms with E-state index in [2.05, 4.69) is 0 Å². The van der Waals surface area contributed by atoms with Gasteiger partial charge < -0.3 is 24.4 Å². The van der Waals surface area contributed by atoms with E-state index in [1.807, 2.05) is 13.8 Å². The lowest BCUT2D eigenvalue weighted by atomic mass is 10.1. The molecule has 0 unspecified atom stereocenters. The number of nitrogens with zero attached hydrogens (tertiary/aromatic N) is 2. The van der Waals surface area contributed by atoms with Crippen molar-refractivity contribution in [1.82, 2.24) is 9.80 Å². The minimum absolute atomic E-state index is 0.0689. The summed E-state index contributed by atoms with van der Waals surface area (Å²) in [5.41, 5.74) is -0.235. The van der Waals surface area contributed by atoms with Gasteiger partial charge in [0.05, 0.1) is 19.2 Å². The topological polar surface area (TPSA) is 96.4 Å². The number of aliphatic hydroxyl groups is 1. The minimum atomic E-state index is -0.870. The summed E-state index contributed by atoms with van der Waals surface area (Å²) >= 11 is 0. The van der Waals surface area contributed by atoms with Gasteiger partial charge in [-0.1, -0.05) is 38.8 Å². The third kappa shape index (κ3) is 15.8. The second-order valence-corrected chi connectivity index (χ2v) is 12.5. The highest BCUT2D eigenvalue weighted by Gasteiger charge is 2.25. The molecular formula is C34H50F2N2O6. The molecule has 0 radical (unpaired) electrons. The molecule has 1 atom stereocenters. The summed E-state index contributed by atoms with van der Waals surface area (Å²) in [5.74, 6) is -0.987. The number of Topliss-reactive ketones (excluding diaryl/α,β-unsaturated/α-hetero) is 1. The highest BCUT2D eigenvalue weighted by Crippen LogP contribution is 2.18. The molecule has 0 saturated carbocycles. The molecule has 2 aromatic rings. The number of halogens is 2. The molecular weight excluding hydrogens is 570 g/mol. The van der Waals surface area contributed by atoms with Crippen LogP contribution in [0, 0.1) is 11.6 Å². The van der Waals surface area contributed by atoms with Crippen molar-refractivity contribution in [3.63, 3.8) is 0 Å². The molecule has 0 heterocycles. The van der Waals surface area contributed by atoms with Gasteiger partial charge in [-0.2, -0.15) is 0 Å². The first-order valence-electron chi connectivity index (χ1n) is 15.1. The molecule has 0 aliphatic heterocycles. The van der Waals surface area contributed by atoms with Crippen LogP contribution in [0.1, 0.15) is 103 Å². The van der Waals surface area contributed by atoms with Crippen molar-refractivity contribution in [2.45, 2.75) is 98.4 Å². The average molecular weight is 621 g/mol. The lowest BCUT2D eigenvalue weighted by Crippen LogP contribution is -2.40. The van der Waals surface area contributed by atoms with Crippen LogP contribution >= 0.6 is 0 Å². The molecule has 0 aliphatic carbocycles. The molecule has 0 aliphatic rings. The van der Waals surface area contributed by atoms with E-state index < -0.39 is 35.3 Å². The molecule has 246 valence electrons.